The van der Waals surface area contributed by atoms with Crippen LogP contribution in [0.1, 0.15) is 84.2 Å². The quantitative estimate of drug-likeness (QED) is 0.0133. The number of carbonyl (C=O) groups excluding carboxylic acids is 8. The summed E-state index contributed by atoms with van der Waals surface area (Å²) in [6, 6.07) is 14.3. The molecule has 4 amide bonds. The number of nitrogens with one attached hydrogen (secondary N) is 8. The van der Waals surface area contributed by atoms with Gasteiger partial charge in [-0.3, -0.25) is 28.0 Å². The summed E-state index contributed by atoms with van der Waals surface area (Å²) in [6.07, 6.45) is 8.41. The first-order chi connectivity index (χ1) is 55.4. The summed E-state index contributed by atoms with van der Waals surface area (Å²) in [6.45, 7) is 13.8. The largest absolute Gasteiger partial charge is 0.554 e. The van der Waals surface area contributed by atoms with Crippen molar-refractivity contribution in [3.05, 3.63) is 143 Å². The molecular weight excluding hydrogens is 1530 g/mol. The third-order valence-corrected chi connectivity index (χ3v) is 21.1. The van der Waals surface area contributed by atoms with Crippen LogP contribution in [0.25, 0.3) is 33.8 Å². The zero-order valence-electron chi connectivity index (χ0n) is 65.4. The summed E-state index contributed by atoms with van der Waals surface area (Å²) in [5.74, 6) is -7.95. The highest BCUT2D eigenvalue weighted by Gasteiger charge is 2.40. The van der Waals surface area contributed by atoms with Crippen LogP contribution in [0.3, 0.4) is 0 Å². The number of ether oxygens (including phenoxy) is 4. The number of esters is 2. The number of rotatable bonds is 28. The molecule has 8 heterocycles. The fourth-order valence-electron chi connectivity index (χ4n) is 14.5. The molecule has 0 unspecified atom stereocenters. The molecule has 624 valence electrons. The number of piperidine rings is 2. The number of hydrogen-bond donors (Lipinski definition) is 8. The number of carboxylic acids is 1. The van der Waals surface area contributed by atoms with Crippen molar-refractivity contribution in [2.75, 3.05) is 132 Å². The van der Waals surface area contributed by atoms with Gasteiger partial charge in [0.1, 0.15) is 18.1 Å². The van der Waals surface area contributed by atoms with Crippen molar-refractivity contribution in [3.8, 4) is 34.0 Å². The summed E-state index contributed by atoms with van der Waals surface area (Å²) >= 11 is 0. The normalized spacial score (nSPS) is 18.4. The lowest BCUT2D eigenvalue weighted by molar-refractivity contribution is -0.918. The monoisotopic (exact) mass is 1620 g/mol. The Morgan fingerprint density at radius 2 is 0.940 bits per heavy atom. The number of anilines is 4. The Kier molecular flexibility index (Phi) is 30.6. The summed E-state index contributed by atoms with van der Waals surface area (Å²) < 4.78 is 115. The lowest BCUT2D eigenvalue weighted by Crippen LogP contribution is -2.59. The predicted octanol–water partition coefficient (Wildman–Crippen LogP) is 5.35. The molecule has 4 saturated heterocycles. The second-order valence-electron chi connectivity index (χ2n) is 29.0. The van der Waals surface area contributed by atoms with Crippen molar-refractivity contribution in [2.24, 2.45) is 23.7 Å². The average Bonchev–Trinajstić information content (AvgIpc) is 1.62. The van der Waals surface area contributed by atoms with Crippen LogP contribution in [0, 0.1) is 46.9 Å². The number of fused-ring (bicyclic) bond motifs is 2. The van der Waals surface area contributed by atoms with E-state index in [1.807, 2.05) is 26.0 Å². The molecule has 0 aliphatic carbocycles. The van der Waals surface area contributed by atoms with Crippen LogP contribution in [-0.4, -0.2) is 225 Å². The van der Waals surface area contributed by atoms with E-state index in [-0.39, 0.29) is 84.0 Å². The van der Waals surface area contributed by atoms with E-state index in [4.69, 9.17) is 38.7 Å². The van der Waals surface area contributed by atoms with Crippen LogP contribution < -0.4 is 62.2 Å². The Hall–Kier alpha value is -11.6. The molecule has 2 atom stereocenters. The maximum atomic E-state index is 14.9. The molecule has 0 saturated carbocycles. The third kappa shape index (κ3) is 22.1. The van der Waals surface area contributed by atoms with Gasteiger partial charge in [-0.2, -0.15) is 22.0 Å². The van der Waals surface area contributed by atoms with E-state index in [0.717, 1.165) is 111 Å². The summed E-state index contributed by atoms with van der Waals surface area (Å²) in [5, 5.41) is 41.7. The number of carbonyl (C=O) groups is 8. The van der Waals surface area contributed by atoms with Gasteiger partial charge in [0.2, 0.25) is 23.4 Å². The van der Waals surface area contributed by atoms with Crippen LogP contribution in [0.15, 0.2) is 97.8 Å². The molecule has 12 rings (SSSR count). The van der Waals surface area contributed by atoms with E-state index in [0.29, 0.717) is 81.5 Å². The number of methoxy groups -OCH3 is 4. The lowest BCUT2D eigenvalue weighted by Gasteiger charge is -2.44. The number of aliphatic carboxylic acids is 1. The number of likely N-dealkylation sites (tertiary alicyclic amines) is 2. The summed E-state index contributed by atoms with van der Waals surface area (Å²) in [4.78, 5) is 113. The number of quaternary nitrogens is 2. The first-order valence-corrected chi connectivity index (χ1v) is 37.7. The molecule has 8 N–H and O–H groups in total. The Bertz CT molecular complexity index is 4530. The van der Waals surface area contributed by atoms with Crippen LogP contribution in [0.5, 0.6) is 11.5 Å². The molecule has 4 aliphatic heterocycles. The first-order valence-electron chi connectivity index (χ1n) is 37.7. The van der Waals surface area contributed by atoms with Crippen molar-refractivity contribution in [2.45, 2.75) is 83.5 Å². The maximum Gasteiger partial charge on any atom is 0.430 e. The van der Waals surface area contributed by atoms with Crippen molar-refractivity contribution in [1.82, 2.24) is 60.6 Å². The topological polar surface area (TPSA) is 376 Å². The van der Waals surface area contributed by atoms with Crippen LogP contribution in [0.2, 0.25) is 0 Å². The smallest absolute Gasteiger partial charge is 0.430 e. The Morgan fingerprint density at radius 1 is 0.578 bits per heavy atom. The van der Waals surface area contributed by atoms with Crippen LogP contribution in [0.4, 0.5) is 53.7 Å². The number of imidazole rings is 2. The molecule has 37 heteroatoms. The molecule has 4 aliphatic rings. The molecule has 4 aromatic heterocycles. The Balaban J connectivity index is 0.000000237. The van der Waals surface area contributed by atoms with Gasteiger partial charge in [-0.05, 0) is 97.5 Å². The highest BCUT2D eigenvalue weighted by Crippen LogP contribution is 2.35. The minimum absolute atomic E-state index is 0.0144. The minimum atomic E-state index is -5.19. The van der Waals surface area contributed by atoms with E-state index >= 15 is 0 Å². The average molecular weight is 1630 g/mol. The van der Waals surface area contributed by atoms with Gasteiger partial charge < -0.3 is 90.2 Å². The van der Waals surface area contributed by atoms with E-state index in [1.54, 1.807) is 45.5 Å². The number of halogens is 7. The third-order valence-electron chi connectivity index (χ3n) is 21.1. The molecule has 30 nitrogen and oxygen atoms in total. The molecule has 8 aromatic rings. The van der Waals surface area contributed by atoms with E-state index in [9.17, 15) is 59.5 Å². The molecule has 0 radical (unpaired) electrons. The summed E-state index contributed by atoms with van der Waals surface area (Å²) in [7, 11) is 9.62. The van der Waals surface area contributed by atoms with Crippen LogP contribution in [-0.2, 0) is 51.1 Å². The van der Waals surface area contributed by atoms with Crippen molar-refractivity contribution in [1.29, 1.82) is 0 Å². The Morgan fingerprint density at radius 3 is 1.25 bits per heavy atom. The summed E-state index contributed by atoms with van der Waals surface area (Å²) in [5.41, 5.74) is 5.17. The number of hydrogen-bond acceptors (Lipinski definition) is 22. The second-order valence-corrected chi connectivity index (χ2v) is 29.0. The zero-order valence-corrected chi connectivity index (χ0v) is 65.4. The van der Waals surface area contributed by atoms with Gasteiger partial charge in [0.05, 0.1) is 106 Å². The highest BCUT2D eigenvalue weighted by molar-refractivity contribution is 5.97. The number of carboxylic acid groups (broad SMARTS) is 2. The van der Waals surface area contributed by atoms with Crippen molar-refractivity contribution < 1.29 is 107 Å². The number of amides is 4. The number of aromatic nitrogens is 6. The number of nitrogens with zero attached hydrogens (tertiary/aromatic N) is 8. The fraction of sp³-hybridized carbons (Fsp3) is 0.443. The molecule has 0 spiro atoms. The van der Waals surface area contributed by atoms with Gasteiger partial charge >= 0.3 is 18.1 Å². The van der Waals surface area contributed by atoms with E-state index < -0.39 is 65.9 Å². The molecule has 4 fully saturated rings. The van der Waals surface area contributed by atoms with Crippen molar-refractivity contribution >= 4 is 82.3 Å². The minimum Gasteiger partial charge on any atom is -0.554 e. The molecular formula is C79H95F7N16O14. The van der Waals surface area contributed by atoms with E-state index in [2.05, 4.69) is 76.6 Å². The SMILES string of the molecule is CCc1cc(Nc2nccn3c(-c4ccc(OC)c(F)c4F)cnc23)ccc1C(=O)NCC[C@H](NC(=O)C1CC[N+](C)(CC2CNC2)CC1)C(=O)OC.CCc1cc(Nc2nccn3c(-c4ccc(OC)c(F)c4F)cnc23)ccc1C(=O)NCC[C@H](NC(=O)C1CC[N+](C)(CC2CNC2)CC1)C(=O)OC.O=C([O-])C(F)(F)F.O=C[O-]. The van der Waals surface area contributed by atoms with Crippen LogP contribution >= 0.6 is 0 Å². The maximum absolute atomic E-state index is 14.9. The number of aryl methyl sites for hydroxylation is 2. The lowest BCUT2D eigenvalue weighted by atomic mass is 9.92. The van der Waals surface area contributed by atoms with Gasteiger partial charge in [-0.1, -0.05) is 13.8 Å². The first kappa shape index (κ1) is 88.4. The van der Waals surface area contributed by atoms with Gasteiger partial charge in [-0.15, -0.1) is 0 Å². The Labute approximate surface area is 663 Å². The molecule has 4 aromatic carbocycles. The number of alkyl halides is 3. The van der Waals surface area contributed by atoms with Gasteiger partial charge in [0, 0.05) is 154 Å². The molecule has 0 bridgehead atoms. The number of benzene rings is 4. The zero-order chi connectivity index (χ0) is 84.2. The van der Waals surface area contributed by atoms with E-state index in [1.165, 1.54) is 77.5 Å². The van der Waals surface area contributed by atoms with Gasteiger partial charge in [0.15, 0.2) is 46.1 Å². The second kappa shape index (κ2) is 40.1. The van der Waals surface area contributed by atoms with Gasteiger partial charge in [0.25, 0.3) is 11.8 Å². The predicted molar refractivity (Wildman–Crippen MR) is 407 cm³/mol. The van der Waals surface area contributed by atoms with Crippen molar-refractivity contribution in [3.63, 3.8) is 0 Å². The standard InChI is InChI=1S/2C38H46F2N8O5.C2HF3O2.CH2O2/c2*1-5-24-18-26(45-34-35-44-21-30(47(35)15-14-42-34)28-8-9-31(52-3)33(40)32(28)39)6-7-27(24)37(50)43-13-10-29(38(51)53-4)46-36(49)25-11-16-48(2,17-12-25)22-23-19-41-20-23;3-2(4,5)1(6)7;2-1-3/h2*6-9,14-15,18,21,23,25,29,41H,5,10-13,16-17,19-20,22H2,1-4H3,(H2-,42,43,45,46,49,50);(H,6,7);1H,(H,2,3)/t2*25?,29-,48?;;/m00../s1. The van der Waals surface area contributed by atoms with Gasteiger partial charge in [-0.25, -0.2) is 38.3 Å². The fourth-order valence-corrected chi connectivity index (χ4v) is 14.5. The highest BCUT2D eigenvalue weighted by atomic mass is 19.4. The molecule has 116 heavy (non-hydrogen) atoms.